The first-order chi connectivity index (χ1) is 12.3. The van der Waals surface area contributed by atoms with E-state index in [1.165, 1.54) is 0 Å². The summed E-state index contributed by atoms with van der Waals surface area (Å²) in [4.78, 5) is 6.78. The fraction of sp³-hybridized carbons (Fsp3) is 0.842. The quantitative estimate of drug-likeness (QED) is 0.286. The zero-order chi connectivity index (χ0) is 17.7. The van der Waals surface area contributed by atoms with Crippen LogP contribution in [0.4, 0.5) is 0 Å². The maximum Gasteiger partial charge on any atom is 0.191 e. The highest BCUT2D eigenvalue weighted by Gasteiger charge is 2.19. The van der Waals surface area contributed by atoms with E-state index in [1.54, 1.807) is 0 Å². The van der Waals surface area contributed by atoms with Gasteiger partial charge in [-0.05, 0) is 38.0 Å². The third kappa shape index (κ3) is 8.21. The monoisotopic (exact) mass is 352 g/mol. The maximum atomic E-state index is 5.80. The van der Waals surface area contributed by atoms with Crippen molar-refractivity contribution >= 4 is 5.96 Å². The van der Waals surface area contributed by atoms with Crippen LogP contribution in [0.5, 0.6) is 0 Å². The van der Waals surface area contributed by atoms with Gasteiger partial charge in [0.2, 0.25) is 0 Å². The number of rotatable bonds is 9. The van der Waals surface area contributed by atoms with Crippen molar-refractivity contribution in [1.82, 2.24) is 15.5 Å². The van der Waals surface area contributed by atoms with Crippen LogP contribution in [0.15, 0.2) is 17.6 Å². The molecular formula is C19H36N4O2. The summed E-state index contributed by atoms with van der Waals surface area (Å²) in [5.74, 6) is 1.59. The summed E-state index contributed by atoms with van der Waals surface area (Å²) in [5, 5.41) is 6.94. The molecule has 2 heterocycles. The fourth-order valence-electron chi connectivity index (χ4n) is 3.37. The molecule has 2 rings (SSSR count). The lowest BCUT2D eigenvalue weighted by molar-refractivity contribution is 0.0203. The van der Waals surface area contributed by atoms with Crippen LogP contribution in [0.3, 0.4) is 0 Å². The summed E-state index contributed by atoms with van der Waals surface area (Å²) in [6.45, 7) is 11.4. The number of aliphatic imine (C=N–C) groups is 1. The van der Waals surface area contributed by atoms with Crippen molar-refractivity contribution in [3.63, 3.8) is 0 Å². The Kier molecular flexibility index (Phi) is 9.92. The molecule has 2 saturated heterocycles. The first-order valence-electron chi connectivity index (χ1n) is 9.77. The van der Waals surface area contributed by atoms with Crippen LogP contribution in [-0.4, -0.2) is 76.6 Å². The molecule has 0 aromatic heterocycles. The summed E-state index contributed by atoms with van der Waals surface area (Å²) in [6.07, 6.45) is 7.58. The summed E-state index contributed by atoms with van der Waals surface area (Å²) in [6, 6.07) is 0.511. The molecule has 2 aliphatic rings. The molecule has 0 aromatic rings. The summed E-state index contributed by atoms with van der Waals surface area (Å²) in [5.41, 5.74) is 0. The number of likely N-dealkylation sites (tertiary alicyclic amines) is 1. The van der Waals surface area contributed by atoms with Crippen molar-refractivity contribution in [3.8, 4) is 0 Å². The van der Waals surface area contributed by atoms with Crippen LogP contribution in [0.1, 0.15) is 32.1 Å². The second-order valence-corrected chi connectivity index (χ2v) is 6.99. The van der Waals surface area contributed by atoms with E-state index in [9.17, 15) is 0 Å². The Morgan fingerprint density at radius 1 is 1.28 bits per heavy atom. The second-order valence-electron chi connectivity index (χ2n) is 6.99. The average Bonchev–Trinajstić information content (AvgIpc) is 2.66. The minimum absolute atomic E-state index is 0.511. The largest absolute Gasteiger partial charge is 0.381 e. The Hall–Kier alpha value is -1.11. The van der Waals surface area contributed by atoms with Crippen LogP contribution in [0.25, 0.3) is 0 Å². The molecule has 6 nitrogen and oxygen atoms in total. The Balaban J connectivity index is 1.50. The highest BCUT2D eigenvalue weighted by molar-refractivity contribution is 5.79. The van der Waals surface area contributed by atoms with E-state index in [-0.39, 0.29) is 0 Å². The Bertz CT molecular complexity index is 389. The van der Waals surface area contributed by atoms with E-state index >= 15 is 0 Å². The van der Waals surface area contributed by atoms with Crippen molar-refractivity contribution in [1.29, 1.82) is 0 Å². The van der Waals surface area contributed by atoms with Gasteiger partial charge in [-0.3, -0.25) is 9.89 Å². The summed E-state index contributed by atoms with van der Waals surface area (Å²) in [7, 11) is 1.84. The lowest BCUT2D eigenvalue weighted by Gasteiger charge is -2.32. The van der Waals surface area contributed by atoms with Gasteiger partial charge in [0.1, 0.15) is 0 Å². The van der Waals surface area contributed by atoms with Crippen molar-refractivity contribution < 1.29 is 9.47 Å². The number of guanidine groups is 1. The van der Waals surface area contributed by atoms with E-state index in [0.717, 1.165) is 90.7 Å². The molecule has 0 amide bonds. The zero-order valence-electron chi connectivity index (χ0n) is 15.8. The second kappa shape index (κ2) is 12.3. The van der Waals surface area contributed by atoms with Gasteiger partial charge in [0.25, 0.3) is 0 Å². The van der Waals surface area contributed by atoms with E-state index < -0.39 is 0 Å². The average molecular weight is 353 g/mol. The van der Waals surface area contributed by atoms with Gasteiger partial charge in [-0.25, -0.2) is 0 Å². The molecule has 0 saturated carbocycles. The zero-order valence-corrected chi connectivity index (χ0v) is 15.8. The minimum atomic E-state index is 0.511. The van der Waals surface area contributed by atoms with Gasteiger partial charge in [-0.15, -0.1) is 6.58 Å². The summed E-state index contributed by atoms with van der Waals surface area (Å²) < 4.78 is 11.2. The molecule has 6 heteroatoms. The number of piperidine rings is 1. The van der Waals surface area contributed by atoms with Crippen LogP contribution in [0, 0.1) is 5.92 Å². The molecular weight excluding hydrogens is 316 g/mol. The molecule has 0 aromatic carbocycles. The Morgan fingerprint density at radius 3 is 2.72 bits per heavy atom. The lowest BCUT2D eigenvalue weighted by Crippen LogP contribution is -2.48. The number of ether oxygens (including phenoxy) is 2. The minimum Gasteiger partial charge on any atom is -0.381 e. The Morgan fingerprint density at radius 2 is 2.04 bits per heavy atom. The molecule has 2 N–H and O–H groups in total. The molecule has 0 radical (unpaired) electrons. The fourth-order valence-corrected chi connectivity index (χ4v) is 3.37. The van der Waals surface area contributed by atoms with Crippen molar-refractivity contribution in [3.05, 3.63) is 12.7 Å². The number of nitrogens with zero attached hydrogens (tertiary/aromatic N) is 2. The van der Waals surface area contributed by atoms with Crippen molar-refractivity contribution in [2.75, 3.05) is 59.7 Å². The molecule has 0 aliphatic carbocycles. The Labute approximate surface area is 153 Å². The van der Waals surface area contributed by atoms with E-state index in [4.69, 9.17) is 9.47 Å². The lowest BCUT2D eigenvalue weighted by atomic mass is 10.0. The molecule has 0 bridgehead atoms. The van der Waals surface area contributed by atoms with Crippen LogP contribution in [0.2, 0.25) is 0 Å². The van der Waals surface area contributed by atoms with Gasteiger partial charge < -0.3 is 20.1 Å². The van der Waals surface area contributed by atoms with Gasteiger partial charge in [0.15, 0.2) is 5.96 Å². The molecule has 2 fully saturated rings. The molecule has 0 atom stereocenters. The van der Waals surface area contributed by atoms with Crippen molar-refractivity contribution in [2.24, 2.45) is 10.9 Å². The van der Waals surface area contributed by atoms with E-state index in [0.29, 0.717) is 12.0 Å². The normalized spacial score (nSPS) is 21.2. The van der Waals surface area contributed by atoms with Crippen LogP contribution in [-0.2, 0) is 9.47 Å². The van der Waals surface area contributed by atoms with Gasteiger partial charge in [0.05, 0.1) is 0 Å². The number of hydrogen-bond acceptors (Lipinski definition) is 4. The highest BCUT2D eigenvalue weighted by Crippen LogP contribution is 2.14. The highest BCUT2D eigenvalue weighted by atomic mass is 16.5. The number of nitrogens with one attached hydrogen (secondary N) is 2. The maximum absolute atomic E-state index is 5.80. The van der Waals surface area contributed by atoms with E-state index in [1.807, 2.05) is 13.1 Å². The SMILES string of the molecule is C=CCN1CCC(NC(=NC)NCCCOCC2CCOCC2)CC1. The standard InChI is InChI=1S/C19H36N4O2/c1-3-10-23-11-5-18(6-12-23)22-19(20-2)21-9-4-13-25-16-17-7-14-24-15-8-17/h3,17-18H,1,4-16H2,2H3,(H2,20,21,22). The van der Waals surface area contributed by atoms with Crippen molar-refractivity contribution in [2.45, 2.75) is 38.1 Å². The predicted octanol–water partition coefficient (Wildman–Crippen LogP) is 1.64. The molecule has 25 heavy (non-hydrogen) atoms. The van der Waals surface area contributed by atoms with Gasteiger partial charge in [-0.1, -0.05) is 6.08 Å². The van der Waals surface area contributed by atoms with E-state index in [2.05, 4.69) is 27.1 Å². The molecule has 144 valence electrons. The van der Waals surface area contributed by atoms with Crippen LogP contribution >= 0.6 is 0 Å². The summed E-state index contributed by atoms with van der Waals surface area (Å²) >= 11 is 0. The molecule has 0 unspecified atom stereocenters. The van der Waals surface area contributed by atoms with Gasteiger partial charge in [0, 0.05) is 65.7 Å². The third-order valence-corrected chi connectivity index (χ3v) is 4.99. The van der Waals surface area contributed by atoms with Crippen LogP contribution < -0.4 is 10.6 Å². The van der Waals surface area contributed by atoms with Gasteiger partial charge >= 0.3 is 0 Å². The predicted molar refractivity (Wildman–Crippen MR) is 103 cm³/mol. The first-order valence-corrected chi connectivity index (χ1v) is 9.77. The first kappa shape index (κ1) is 20.2. The number of hydrogen-bond donors (Lipinski definition) is 2. The molecule has 0 spiro atoms. The third-order valence-electron chi connectivity index (χ3n) is 4.99. The molecule has 2 aliphatic heterocycles. The van der Waals surface area contributed by atoms with Gasteiger partial charge in [-0.2, -0.15) is 0 Å². The topological polar surface area (TPSA) is 58.1 Å². The smallest absolute Gasteiger partial charge is 0.191 e.